The van der Waals surface area contributed by atoms with Gasteiger partial charge in [0.25, 0.3) is 0 Å². The van der Waals surface area contributed by atoms with Crippen molar-refractivity contribution in [3.8, 4) is 17.6 Å². The van der Waals surface area contributed by atoms with Gasteiger partial charge in [0.15, 0.2) is 0 Å². The molecule has 1 aliphatic carbocycles. The summed E-state index contributed by atoms with van der Waals surface area (Å²) in [4.78, 5) is 16.9. The van der Waals surface area contributed by atoms with Gasteiger partial charge in [-0.25, -0.2) is 8.42 Å². The lowest BCUT2D eigenvalue weighted by Gasteiger charge is -2.38. The summed E-state index contributed by atoms with van der Waals surface area (Å²) in [5.41, 5.74) is 0.658. The highest BCUT2D eigenvalue weighted by Crippen LogP contribution is 2.34. The summed E-state index contributed by atoms with van der Waals surface area (Å²) in [6, 6.07) is 4.30. The Hall–Kier alpha value is -2.12. The molecule has 1 aromatic carbocycles. The van der Waals surface area contributed by atoms with Gasteiger partial charge in [0.1, 0.15) is 16.7 Å². The summed E-state index contributed by atoms with van der Waals surface area (Å²) in [5, 5.41) is 9.82. The molecule has 0 spiro atoms. The number of carbonyl (C=O) groups excluding carboxylic acids is 1. The van der Waals surface area contributed by atoms with Gasteiger partial charge in [0.05, 0.1) is 19.7 Å². The van der Waals surface area contributed by atoms with Crippen molar-refractivity contribution in [3.05, 3.63) is 23.8 Å². The number of aliphatic hydroxyl groups excluding tert-OH is 1. The molecule has 3 rings (SSSR count). The van der Waals surface area contributed by atoms with Crippen LogP contribution in [0.1, 0.15) is 51.5 Å². The molecule has 0 bridgehead atoms. The maximum absolute atomic E-state index is 13.6. The van der Waals surface area contributed by atoms with E-state index in [0.29, 0.717) is 18.7 Å². The fourth-order valence-corrected chi connectivity index (χ4v) is 6.67. The zero-order chi connectivity index (χ0) is 26.5. The van der Waals surface area contributed by atoms with Crippen LogP contribution in [0.3, 0.4) is 0 Å². The summed E-state index contributed by atoms with van der Waals surface area (Å²) in [6.07, 6.45) is 4.76. The van der Waals surface area contributed by atoms with E-state index in [1.165, 1.54) is 16.8 Å². The van der Waals surface area contributed by atoms with Crippen molar-refractivity contribution < 1.29 is 23.1 Å². The van der Waals surface area contributed by atoms with Crippen LogP contribution in [-0.4, -0.2) is 93.1 Å². The molecule has 1 aliphatic heterocycles. The van der Waals surface area contributed by atoms with E-state index in [1.807, 2.05) is 25.9 Å². The van der Waals surface area contributed by atoms with Crippen LogP contribution in [-0.2, 0) is 14.8 Å². The number of likely N-dealkylation sites (N-methyl/N-ethyl adjacent to an activating group) is 1. The number of carbonyl (C=O) groups is 1. The van der Waals surface area contributed by atoms with Crippen LogP contribution < -0.4 is 4.74 Å². The van der Waals surface area contributed by atoms with E-state index in [2.05, 4.69) is 11.8 Å². The Kier molecular flexibility index (Phi) is 9.81. The number of amides is 1. The molecule has 3 atom stereocenters. The van der Waals surface area contributed by atoms with Crippen LogP contribution in [0.5, 0.6) is 5.75 Å². The van der Waals surface area contributed by atoms with Crippen LogP contribution >= 0.6 is 0 Å². The molecule has 200 valence electrons. The fourth-order valence-electron chi connectivity index (χ4n) is 4.84. The minimum atomic E-state index is -3.91. The van der Waals surface area contributed by atoms with Gasteiger partial charge in [0, 0.05) is 37.0 Å². The summed E-state index contributed by atoms with van der Waals surface area (Å²) in [6.45, 7) is 4.45. The molecule has 2 aliphatic rings. The molecular formula is C27H41N3O5S. The first-order chi connectivity index (χ1) is 17.0. The predicted octanol–water partition coefficient (Wildman–Crippen LogP) is 2.41. The lowest BCUT2D eigenvalue weighted by atomic mass is 9.88. The van der Waals surface area contributed by atoms with Crippen molar-refractivity contribution in [2.75, 3.05) is 47.4 Å². The predicted molar refractivity (Wildman–Crippen MR) is 140 cm³/mol. The van der Waals surface area contributed by atoms with Crippen molar-refractivity contribution >= 4 is 15.9 Å². The van der Waals surface area contributed by atoms with Gasteiger partial charge in [0.2, 0.25) is 15.9 Å². The van der Waals surface area contributed by atoms with Crippen molar-refractivity contribution in [1.29, 1.82) is 0 Å². The van der Waals surface area contributed by atoms with Gasteiger partial charge >= 0.3 is 0 Å². The Balaban J connectivity index is 1.96. The van der Waals surface area contributed by atoms with Gasteiger partial charge < -0.3 is 14.7 Å². The van der Waals surface area contributed by atoms with Crippen molar-refractivity contribution in [2.45, 2.75) is 63.0 Å². The Bertz CT molecular complexity index is 1070. The molecule has 1 N–H and O–H groups in total. The van der Waals surface area contributed by atoms with Crippen LogP contribution in [0, 0.1) is 23.7 Å². The van der Waals surface area contributed by atoms with Gasteiger partial charge in [-0.15, -0.1) is 0 Å². The Morgan fingerprint density at radius 2 is 1.92 bits per heavy atom. The maximum atomic E-state index is 13.6. The average molecular weight is 520 g/mol. The van der Waals surface area contributed by atoms with E-state index in [-0.39, 0.29) is 41.5 Å². The van der Waals surface area contributed by atoms with Gasteiger partial charge in [-0.2, -0.15) is 4.31 Å². The van der Waals surface area contributed by atoms with E-state index in [9.17, 15) is 18.3 Å². The Labute approximate surface area is 216 Å². The van der Waals surface area contributed by atoms with Crippen LogP contribution in [0.25, 0.3) is 0 Å². The minimum Gasteiger partial charge on any atom is -0.487 e. The third-order valence-electron chi connectivity index (χ3n) is 7.08. The molecular weight excluding hydrogens is 478 g/mol. The topological polar surface area (TPSA) is 90.4 Å². The lowest BCUT2D eigenvalue weighted by Crippen LogP contribution is -2.50. The van der Waals surface area contributed by atoms with Crippen molar-refractivity contribution in [1.82, 2.24) is 14.1 Å². The first-order valence-electron chi connectivity index (χ1n) is 12.9. The summed E-state index contributed by atoms with van der Waals surface area (Å²) in [5.74, 6) is 6.34. The quantitative estimate of drug-likeness (QED) is 0.581. The molecule has 0 saturated heterocycles. The highest BCUT2D eigenvalue weighted by Gasteiger charge is 2.38. The molecule has 9 heteroatoms. The standard InChI is InChI=1S/C27H41N3O5S/c1-20-17-30(21(2)19-31)36(33,34)26-14-13-22(10-9-15-28(3)4)16-24(26)35-25(20)18-29(5)27(32)23-11-7-6-8-12-23/h13-14,16,20-21,23,25,31H,6-8,11-12,15,17-19H2,1-5H3/t20-,21-,25+/m0/s1. The first-order valence-corrected chi connectivity index (χ1v) is 14.3. The molecule has 0 aromatic heterocycles. The third kappa shape index (κ3) is 6.80. The lowest BCUT2D eigenvalue weighted by molar-refractivity contribution is -0.136. The van der Waals surface area contributed by atoms with E-state index in [0.717, 1.165) is 25.7 Å². The largest absolute Gasteiger partial charge is 0.487 e. The number of hydrogen-bond donors (Lipinski definition) is 1. The second kappa shape index (κ2) is 12.4. The van der Waals surface area contributed by atoms with Crippen LogP contribution in [0.15, 0.2) is 23.1 Å². The second-order valence-corrected chi connectivity index (χ2v) is 12.4. The maximum Gasteiger partial charge on any atom is 0.247 e. The molecule has 1 heterocycles. The van der Waals surface area contributed by atoms with Gasteiger partial charge in [-0.3, -0.25) is 9.69 Å². The highest BCUT2D eigenvalue weighted by atomic mass is 32.2. The SMILES string of the molecule is C[C@H]1CN([C@@H](C)CO)S(=O)(=O)c2ccc(C#CCN(C)C)cc2O[C@@H]1CN(C)C(=O)C1CCCCC1. The normalized spacial score (nSPS) is 23.4. The summed E-state index contributed by atoms with van der Waals surface area (Å²) < 4.78 is 35.0. The summed E-state index contributed by atoms with van der Waals surface area (Å²) >= 11 is 0. The molecule has 1 fully saturated rings. The van der Waals surface area contributed by atoms with E-state index < -0.39 is 22.2 Å². The number of fused-ring (bicyclic) bond motifs is 1. The molecule has 0 radical (unpaired) electrons. The molecule has 36 heavy (non-hydrogen) atoms. The van der Waals surface area contributed by atoms with Crippen LogP contribution in [0.4, 0.5) is 0 Å². The zero-order valence-corrected chi connectivity index (χ0v) is 23.1. The van der Waals surface area contributed by atoms with Crippen LogP contribution in [0.2, 0.25) is 0 Å². The monoisotopic (exact) mass is 519 g/mol. The number of sulfonamides is 1. The number of rotatable bonds is 6. The number of nitrogens with zero attached hydrogens (tertiary/aromatic N) is 3. The third-order valence-corrected chi connectivity index (χ3v) is 9.10. The molecule has 8 nitrogen and oxygen atoms in total. The van der Waals surface area contributed by atoms with Crippen molar-refractivity contribution in [2.24, 2.45) is 11.8 Å². The number of ether oxygens (including phenoxy) is 1. The van der Waals surface area contributed by atoms with E-state index in [1.54, 1.807) is 31.0 Å². The van der Waals surface area contributed by atoms with Gasteiger partial charge in [-0.05, 0) is 52.1 Å². The van der Waals surface area contributed by atoms with Crippen molar-refractivity contribution in [3.63, 3.8) is 0 Å². The number of aliphatic hydroxyl groups is 1. The van der Waals surface area contributed by atoms with Gasteiger partial charge in [-0.1, -0.05) is 38.0 Å². The number of benzene rings is 1. The second-order valence-electron chi connectivity index (χ2n) is 10.5. The molecule has 1 amide bonds. The smallest absolute Gasteiger partial charge is 0.247 e. The van der Waals surface area contributed by atoms with E-state index >= 15 is 0 Å². The number of hydrogen-bond acceptors (Lipinski definition) is 6. The fraction of sp³-hybridized carbons (Fsp3) is 0.667. The average Bonchev–Trinajstić information content (AvgIpc) is 2.85. The molecule has 0 unspecified atom stereocenters. The summed E-state index contributed by atoms with van der Waals surface area (Å²) in [7, 11) is 1.75. The van der Waals surface area contributed by atoms with E-state index in [4.69, 9.17) is 4.74 Å². The molecule has 1 aromatic rings. The zero-order valence-electron chi connectivity index (χ0n) is 22.2. The molecule has 1 saturated carbocycles. The Morgan fingerprint density at radius 3 is 2.56 bits per heavy atom. The first kappa shape index (κ1) is 28.5. The minimum absolute atomic E-state index is 0.0461. The highest BCUT2D eigenvalue weighted by molar-refractivity contribution is 7.89. The Morgan fingerprint density at radius 1 is 1.22 bits per heavy atom.